The van der Waals surface area contributed by atoms with E-state index in [9.17, 15) is 4.79 Å². The maximum atomic E-state index is 11.3. The fourth-order valence-electron chi connectivity index (χ4n) is 5.64. The van der Waals surface area contributed by atoms with Gasteiger partial charge in [0, 0.05) is 0 Å². The smallest absolute Gasteiger partial charge is 0.341 e. The molecule has 0 spiro atoms. The molecule has 0 saturated heterocycles. The first-order valence-corrected chi connectivity index (χ1v) is 13.6. The molecule has 2 saturated carbocycles. The normalized spacial score (nSPS) is 27.5. The standard InChI is InChI=1S/C26H45IO5/c1-6-8-22(7-2)31-19(3)17-29-23-13-9-20(10-14-23)26(4,5)21-11-15-24(16-12-21)30-18-25(28)32-27/h20-24H,3,6-18H2,1-2,4-5H3. The molecule has 1 atom stereocenters. The molecule has 0 aromatic heterocycles. The van der Waals surface area contributed by atoms with Crippen molar-refractivity contribution in [3.05, 3.63) is 12.3 Å². The van der Waals surface area contributed by atoms with Crippen LogP contribution in [0.1, 0.15) is 98.3 Å². The van der Waals surface area contributed by atoms with Crippen molar-refractivity contribution in [2.75, 3.05) is 13.2 Å². The molecular weight excluding hydrogens is 519 g/mol. The van der Waals surface area contributed by atoms with Crippen LogP contribution in [0.4, 0.5) is 0 Å². The number of carbonyl (C=O) groups excluding carboxylic acids is 1. The Bertz CT molecular complexity index is 563. The molecule has 0 heterocycles. The quantitative estimate of drug-likeness (QED) is 0.175. The fourth-order valence-corrected chi connectivity index (χ4v) is 5.76. The van der Waals surface area contributed by atoms with Gasteiger partial charge in [-0.05, 0) is 81.5 Å². The first-order valence-electron chi connectivity index (χ1n) is 12.7. The molecule has 186 valence electrons. The molecule has 2 fully saturated rings. The van der Waals surface area contributed by atoms with Gasteiger partial charge in [0.25, 0.3) is 0 Å². The second-order valence-electron chi connectivity index (χ2n) is 10.3. The number of rotatable bonds is 13. The van der Waals surface area contributed by atoms with Crippen molar-refractivity contribution in [1.29, 1.82) is 0 Å². The van der Waals surface area contributed by atoms with Gasteiger partial charge in [-0.1, -0.05) is 40.7 Å². The molecule has 32 heavy (non-hydrogen) atoms. The van der Waals surface area contributed by atoms with Gasteiger partial charge in [-0.25, -0.2) is 4.79 Å². The highest BCUT2D eigenvalue weighted by Crippen LogP contribution is 2.48. The van der Waals surface area contributed by atoms with Crippen LogP contribution in [0, 0.1) is 17.3 Å². The zero-order chi connectivity index (χ0) is 23.6. The average Bonchev–Trinajstić information content (AvgIpc) is 2.81. The highest BCUT2D eigenvalue weighted by Gasteiger charge is 2.40. The van der Waals surface area contributed by atoms with E-state index in [4.69, 9.17) is 14.2 Å². The molecule has 1 unspecified atom stereocenters. The van der Waals surface area contributed by atoms with Crippen LogP contribution >= 0.6 is 23.0 Å². The minimum atomic E-state index is -0.298. The van der Waals surface area contributed by atoms with Gasteiger partial charge in [0.2, 0.25) is 0 Å². The van der Waals surface area contributed by atoms with Crippen LogP contribution in [0.2, 0.25) is 0 Å². The lowest BCUT2D eigenvalue weighted by Crippen LogP contribution is -2.39. The number of hydrogen-bond acceptors (Lipinski definition) is 5. The summed E-state index contributed by atoms with van der Waals surface area (Å²) >= 11 is 1.62. The first-order chi connectivity index (χ1) is 15.3. The lowest BCUT2D eigenvalue weighted by atomic mass is 9.60. The maximum absolute atomic E-state index is 11.3. The van der Waals surface area contributed by atoms with E-state index < -0.39 is 0 Å². The molecule has 5 nitrogen and oxygen atoms in total. The SMILES string of the molecule is C=C(COC1CCC(C(C)(C)C2CCC(OCC(=O)OI)CC2)CC1)OC(CC)CCC. The van der Waals surface area contributed by atoms with E-state index in [0.717, 1.165) is 62.5 Å². The zero-order valence-corrected chi connectivity index (χ0v) is 22.9. The summed E-state index contributed by atoms with van der Waals surface area (Å²) in [5.74, 6) is 1.94. The first kappa shape index (κ1) is 27.9. The summed E-state index contributed by atoms with van der Waals surface area (Å²) in [7, 11) is 0. The van der Waals surface area contributed by atoms with Crippen molar-refractivity contribution in [2.24, 2.45) is 17.3 Å². The molecule has 0 bridgehead atoms. The largest absolute Gasteiger partial charge is 0.493 e. The van der Waals surface area contributed by atoms with Gasteiger partial charge < -0.3 is 17.3 Å². The minimum Gasteiger partial charge on any atom is -0.493 e. The maximum Gasteiger partial charge on any atom is 0.341 e. The van der Waals surface area contributed by atoms with E-state index in [1.807, 2.05) is 0 Å². The van der Waals surface area contributed by atoms with Crippen LogP contribution in [-0.2, 0) is 22.1 Å². The van der Waals surface area contributed by atoms with E-state index in [1.54, 1.807) is 23.0 Å². The minimum absolute atomic E-state index is 0.0703. The number of hydrogen-bond donors (Lipinski definition) is 0. The van der Waals surface area contributed by atoms with Gasteiger partial charge in [0.15, 0.2) is 23.0 Å². The molecule has 0 N–H and O–H groups in total. The highest BCUT2D eigenvalue weighted by molar-refractivity contribution is 14.1. The Morgan fingerprint density at radius 1 is 0.938 bits per heavy atom. The van der Waals surface area contributed by atoms with Gasteiger partial charge in [-0.2, -0.15) is 0 Å². The van der Waals surface area contributed by atoms with E-state index in [0.29, 0.717) is 18.1 Å². The van der Waals surface area contributed by atoms with Gasteiger partial charge in [-0.3, -0.25) is 0 Å². The number of halogens is 1. The summed E-state index contributed by atoms with van der Waals surface area (Å²) < 4.78 is 22.5. The molecule has 0 aromatic rings. The Morgan fingerprint density at radius 2 is 1.44 bits per heavy atom. The van der Waals surface area contributed by atoms with E-state index in [2.05, 4.69) is 37.3 Å². The predicted octanol–water partition coefficient (Wildman–Crippen LogP) is 7.17. The van der Waals surface area contributed by atoms with Crippen LogP contribution < -0.4 is 0 Å². The molecule has 2 aliphatic carbocycles. The van der Waals surface area contributed by atoms with E-state index in [1.165, 1.54) is 25.7 Å². The van der Waals surface area contributed by atoms with Crippen LogP contribution in [0.5, 0.6) is 0 Å². The Hall–Kier alpha value is -0.340. The van der Waals surface area contributed by atoms with E-state index >= 15 is 0 Å². The Kier molecular flexibility index (Phi) is 12.3. The third-order valence-corrected chi connectivity index (χ3v) is 8.35. The Labute approximate surface area is 210 Å². The molecule has 6 heteroatoms. The molecular formula is C26H45IO5. The summed E-state index contributed by atoms with van der Waals surface area (Å²) in [5.41, 5.74) is 0.332. The lowest BCUT2D eigenvalue weighted by molar-refractivity contribution is -0.139. The van der Waals surface area contributed by atoms with Crippen molar-refractivity contribution in [2.45, 2.75) is 117 Å². The number of ether oxygens (including phenoxy) is 3. The molecule has 0 radical (unpaired) electrons. The van der Waals surface area contributed by atoms with Crippen LogP contribution in [0.25, 0.3) is 0 Å². The summed E-state index contributed by atoms with van der Waals surface area (Å²) in [6.45, 7) is 14.0. The summed E-state index contributed by atoms with van der Waals surface area (Å²) in [5, 5.41) is 0. The van der Waals surface area contributed by atoms with Crippen molar-refractivity contribution in [3.63, 3.8) is 0 Å². The van der Waals surface area contributed by atoms with E-state index in [-0.39, 0.29) is 24.8 Å². The second kappa shape index (κ2) is 14.1. The molecule has 2 aliphatic rings. The van der Waals surface area contributed by atoms with Crippen LogP contribution in [0.15, 0.2) is 12.3 Å². The Morgan fingerprint density at radius 3 is 1.88 bits per heavy atom. The highest BCUT2D eigenvalue weighted by atomic mass is 127. The summed E-state index contributed by atoms with van der Waals surface area (Å²) in [6.07, 6.45) is 13.2. The molecule has 0 aliphatic heterocycles. The van der Waals surface area contributed by atoms with Crippen molar-refractivity contribution in [1.82, 2.24) is 0 Å². The van der Waals surface area contributed by atoms with Crippen molar-refractivity contribution < 1.29 is 22.1 Å². The summed E-state index contributed by atoms with van der Waals surface area (Å²) in [6, 6.07) is 0. The van der Waals surface area contributed by atoms with Gasteiger partial charge in [0.05, 0.1) is 18.3 Å². The third-order valence-electron chi connectivity index (χ3n) is 7.86. The average molecular weight is 565 g/mol. The third kappa shape index (κ3) is 8.79. The molecule has 0 aromatic carbocycles. The second-order valence-corrected chi connectivity index (χ2v) is 10.8. The Balaban J connectivity index is 1.69. The van der Waals surface area contributed by atoms with Crippen LogP contribution in [0.3, 0.4) is 0 Å². The van der Waals surface area contributed by atoms with Gasteiger partial charge in [-0.15, -0.1) is 0 Å². The number of carbonyl (C=O) groups is 1. The monoisotopic (exact) mass is 564 g/mol. The van der Waals surface area contributed by atoms with Crippen molar-refractivity contribution in [3.8, 4) is 0 Å². The molecule has 2 rings (SSSR count). The van der Waals surface area contributed by atoms with Gasteiger partial charge in [0.1, 0.15) is 19.0 Å². The zero-order valence-electron chi connectivity index (χ0n) is 20.7. The summed E-state index contributed by atoms with van der Waals surface area (Å²) in [4.78, 5) is 11.3. The topological polar surface area (TPSA) is 54.0 Å². The molecule has 0 amide bonds. The fraction of sp³-hybridized carbons (Fsp3) is 0.885. The van der Waals surface area contributed by atoms with Gasteiger partial charge >= 0.3 is 5.97 Å². The van der Waals surface area contributed by atoms with Crippen molar-refractivity contribution >= 4 is 29.0 Å². The predicted molar refractivity (Wildman–Crippen MR) is 137 cm³/mol. The van der Waals surface area contributed by atoms with Crippen LogP contribution in [-0.4, -0.2) is 37.5 Å². The lowest BCUT2D eigenvalue weighted by Gasteiger charge is -2.46.